The van der Waals surface area contributed by atoms with E-state index >= 15 is 0 Å². The molecule has 1 N–H and O–H groups in total. The van der Waals surface area contributed by atoms with Gasteiger partial charge in [0.25, 0.3) is 0 Å². The number of ether oxygens (including phenoxy) is 1. The number of hydrogen-bond acceptors (Lipinski definition) is 3. The Morgan fingerprint density at radius 2 is 1.90 bits per heavy atom. The third kappa shape index (κ3) is 4.46. The molecule has 2 nitrogen and oxygen atoms in total. The van der Waals surface area contributed by atoms with Gasteiger partial charge < -0.3 is 10.1 Å². The van der Waals surface area contributed by atoms with Crippen LogP contribution in [0.25, 0.3) is 0 Å². The summed E-state index contributed by atoms with van der Waals surface area (Å²) in [5.41, 5.74) is 1.94. The quantitative estimate of drug-likeness (QED) is 0.779. The zero-order valence-corrected chi connectivity index (χ0v) is 13.5. The molecule has 0 aliphatic heterocycles. The molecule has 0 spiro atoms. The standard InChI is InChI=1S/C14H13BrF3NOS/c1-2-19-13(11-7-21-8-12(11)15)9-3-5-10(6-4-9)20-14(16,17)18/h3-8,13,19H,2H2,1H3. The molecular formula is C14H13BrF3NOS. The largest absolute Gasteiger partial charge is 0.573 e. The first-order chi connectivity index (χ1) is 9.90. The van der Waals surface area contributed by atoms with E-state index < -0.39 is 6.36 Å². The fourth-order valence-corrected chi connectivity index (χ4v) is 3.52. The number of thiophene rings is 1. The summed E-state index contributed by atoms with van der Waals surface area (Å²) in [6.07, 6.45) is -4.67. The molecule has 2 rings (SSSR count). The molecule has 0 amide bonds. The molecule has 0 saturated heterocycles. The number of benzene rings is 1. The maximum Gasteiger partial charge on any atom is 0.573 e. The lowest BCUT2D eigenvalue weighted by Gasteiger charge is -2.19. The zero-order chi connectivity index (χ0) is 15.5. The van der Waals surface area contributed by atoms with Crippen LogP contribution in [0.4, 0.5) is 13.2 Å². The lowest BCUT2D eigenvalue weighted by molar-refractivity contribution is -0.274. The monoisotopic (exact) mass is 379 g/mol. The molecule has 0 radical (unpaired) electrons. The molecule has 21 heavy (non-hydrogen) atoms. The van der Waals surface area contributed by atoms with Crippen molar-refractivity contribution in [3.63, 3.8) is 0 Å². The molecule has 0 fully saturated rings. The Labute approximate surface area is 133 Å². The molecule has 2 aromatic rings. The minimum atomic E-state index is -4.67. The van der Waals surface area contributed by atoms with Gasteiger partial charge in [-0.15, -0.1) is 13.2 Å². The molecule has 1 aromatic carbocycles. The van der Waals surface area contributed by atoms with E-state index in [9.17, 15) is 13.2 Å². The second-order valence-electron chi connectivity index (χ2n) is 4.28. The third-order valence-corrected chi connectivity index (χ3v) is 4.56. The number of halogens is 4. The molecule has 1 unspecified atom stereocenters. The summed E-state index contributed by atoms with van der Waals surface area (Å²) in [7, 11) is 0. The van der Waals surface area contributed by atoms with Crippen LogP contribution >= 0.6 is 27.3 Å². The van der Waals surface area contributed by atoms with Crippen LogP contribution in [0.2, 0.25) is 0 Å². The van der Waals surface area contributed by atoms with Gasteiger partial charge in [0, 0.05) is 9.85 Å². The minimum Gasteiger partial charge on any atom is -0.406 e. The average Bonchev–Trinajstić information content (AvgIpc) is 2.81. The number of alkyl halides is 3. The van der Waals surface area contributed by atoms with E-state index in [1.807, 2.05) is 17.7 Å². The Hall–Kier alpha value is -1.05. The van der Waals surface area contributed by atoms with Gasteiger partial charge in [-0.3, -0.25) is 0 Å². The predicted octanol–water partition coefficient (Wildman–Crippen LogP) is 5.11. The second kappa shape index (κ2) is 6.81. The maximum atomic E-state index is 12.2. The molecule has 0 aliphatic rings. The Kier molecular flexibility index (Phi) is 5.29. The van der Waals surface area contributed by atoms with E-state index in [1.165, 1.54) is 12.1 Å². The van der Waals surface area contributed by atoms with Crippen molar-refractivity contribution in [1.29, 1.82) is 0 Å². The first-order valence-electron chi connectivity index (χ1n) is 6.21. The molecule has 114 valence electrons. The van der Waals surface area contributed by atoms with E-state index in [-0.39, 0.29) is 11.8 Å². The Bertz CT molecular complexity index is 583. The summed E-state index contributed by atoms with van der Waals surface area (Å²) >= 11 is 5.05. The van der Waals surface area contributed by atoms with Gasteiger partial charge in [0.05, 0.1) is 6.04 Å². The molecule has 1 heterocycles. The van der Waals surface area contributed by atoms with Gasteiger partial charge in [-0.05, 0) is 51.1 Å². The highest BCUT2D eigenvalue weighted by Gasteiger charge is 2.31. The van der Waals surface area contributed by atoms with Crippen LogP contribution in [-0.2, 0) is 0 Å². The second-order valence-corrected chi connectivity index (χ2v) is 5.88. The van der Waals surface area contributed by atoms with Gasteiger partial charge in [0.2, 0.25) is 0 Å². The molecule has 0 bridgehead atoms. The normalized spacial score (nSPS) is 13.2. The Balaban J connectivity index is 2.24. The van der Waals surface area contributed by atoms with Crippen molar-refractivity contribution in [3.8, 4) is 5.75 Å². The van der Waals surface area contributed by atoms with E-state index in [4.69, 9.17) is 0 Å². The first-order valence-corrected chi connectivity index (χ1v) is 7.95. The molecule has 0 aliphatic carbocycles. The highest BCUT2D eigenvalue weighted by Crippen LogP contribution is 2.32. The molecule has 1 atom stereocenters. The molecule has 7 heteroatoms. The summed E-state index contributed by atoms with van der Waals surface area (Å²) in [5.74, 6) is -0.217. The van der Waals surface area contributed by atoms with Crippen molar-refractivity contribution in [1.82, 2.24) is 5.32 Å². The lowest BCUT2D eigenvalue weighted by atomic mass is 10.0. The smallest absolute Gasteiger partial charge is 0.406 e. The van der Waals surface area contributed by atoms with Crippen molar-refractivity contribution in [2.75, 3.05) is 6.54 Å². The van der Waals surface area contributed by atoms with Crippen molar-refractivity contribution in [2.45, 2.75) is 19.3 Å². The summed E-state index contributed by atoms with van der Waals surface area (Å²) in [4.78, 5) is 0. The van der Waals surface area contributed by atoms with Gasteiger partial charge in [-0.1, -0.05) is 19.1 Å². The van der Waals surface area contributed by atoms with Crippen LogP contribution in [0, 0.1) is 0 Å². The summed E-state index contributed by atoms with van der Waals surface area (Å²) in [6.45, 7) is 2.72. The third-order valence-electron chi connectivity index (χ3n) is 2.81. The van der Waals surface area contributed by atoms with Gasteiger partial charge in [-0.2, -0.15) is 11.3 Å². The van der Waals surface area contributed by atoms with Gasteiger partial charge >= 0.3 is 6.36 Å². The van der Waals surface area contributed by atoms with Crippen LogP contribution in [0.1, 0.15) is 24.1 Å². The number of rotatable bonds is 5. The topological polar surface area (TPSA) is 21.3 Å². The van der Waals surface area contributed by atoms with Crippen molar-refractivity contribution >= 4 is 27.3 Å². The van der Waals surface area contributed by atoms with Crippen molar-refractivity contribution in [3.05, 3.63) is 50.6 Å². The predicted molar refractivity (Wildman–Crippen MR) is 80.7 cm³/mol. The average molecular weight is 380 g/mol. The maximum absolute atomic E-state index is 12.2. The van der Waals surface area contributed by atoms with Crippen molar-refractivity contribution in [2.24, 2.45) is 0 Å². The Morgan fingerprint density at radius 1 is 1.24 bits per heavy atom. The van der Waals surface area contributed by atoms with Crippen LogP contribution in [-0.4, -0.2) is 12.9 Å². The highest BCUT2D eigenvalue weighted by molar-refractivity contribution is 9.10. The van der Waals surface area contributed by atoms with Gasteiger partial charge in [0.15, 0.2) is 0 Å². The van der Waals surface area contributed by atoms with E-state index in [2.05, 4.69) is 26.0 Å². The van der Waals surface area contributed by atoms with Crippen LogP contribution in [0.5, 0.6) is 5.75 Å². The van der Waals surface area contributed by atoms with Gasteiger partial charge in [-0.25, -0.2) is 0 Å². The lowest BCUT2D eigenvalue weighted by Crippen LogP contribution is -2.22. The minimum absolute atomic E-state index is 0.0736. The van der Waals surface area contributed by atoms with E-state index in [1.54, 1.807) is 23.5 Å². The van der Waals surface area contributed by atoms with E-state index in [0.717, 1.165) is 22.1 Å². The fourth-order valence-electron chi connectivity index (χ4n) is 1.97. The SMILES string of the molecule is CCNC(c1ccc(OC(F)(F)F)cc1)c1cscc1Br. The highest BCUT2D eigenvalue weighted by atomic mass is 79.9. The van der Waals surface area contributed by atoms with Crippen LogP contribution < -0.4 is 10.1 Å². The van der Waals surface area contributed by atoms with E-state index in [0.29, 0.717) is 0 Å². The van der Waals surface area contributed by atoms with Gasteiger partial charge in [0.1, 0.15) is 5.75 Å². The number of nitrogens with one attached hydrogen (secondary N) is 1. The fraction of sp³-hybridized carbons (Fsp3) is 0.286. The zero-order valence-electron chi connectivity index (χ0n) is 11.1. The van der Waals surface area contributed by atoms with Crippen LogP contribution in [0.3, 0.4) is 0 Å². The summed E-state index contributed by atoms with van der Waals surface area (Å²) in [6, 6.07) is 5.85. The first kappa shape index (κ1) is 16.3. The Morgan fingerprint density at radius 3 is 2.38 bits per heavy atom. The molecular weight excluding hydrogens is 367 g/mol. The molecule has 1 aromatic heterocycles. The molecule has 0 saturated carbocycles. The summed E-state index contributed by atoms with van der Waals surface area (Å²) in [5, 5.41) is 7.31. The summed E-state index contributed by atoms with van der Waals surface area (Å²) < 4.78 is 41.3. The number of hydrogen-bond donors (Lipinski definition) is 1. The van der Waals surface area contributed by atoms with Crippen molar-refractivity contribution < 1.29 is 17.9 Å². The van der Waals surface area contributed by atoms with Crippen LogP contribution in [0.15, 0.2) is 39.5 Å².